The van der Waals surface area contributed by atoms with Crippen molar-refractivity contribution in [3.05, 3.63) is 23.5 Å². The van der Waals surface area contributed by atoms with Crippen LogP contribution in [0.4, 0.5) is 15.8 Å². The first-order valence-corrected chi connectivity index (χ1v) is 7.04. The molecule has 3 N–H and O–H groups in total. The number of ether oxygens (including phenoxy) is 1. The van der Waals surface area contributed by atoms with E-state index in [0.717, 1.165) is 18.9 Å². The van der Waals surface area contributed by atoms with Gasteiger partial charge in [-0.05, 0) is 25.0 Å². The second kappa shape index (κ2) is 7.83. The summed E-state index contributed by atoms with van der Waals surface area (Å²) in [5.74, 6) is -1.68. The van der Waals surface area contributed by atoms with Gasteiger partial charge in [-0.1, -0.05) is 13.8 Å². The summed E-state index contributed by atoms with van der Waals surface area (Å²) < 4.78 is 19.3. The van der Waals surface area contributed by atoms with Crippen LogP contribution in [0, 0.1) is 5.82 Å². The molecule has 6 heteroatoms. The van der Waals surface area contributed by atoms with Crippen molar-refractivity contribution in [1.82, 2.24) is 0 Å². The molecular formula is C15H23FN2O3. The van der Waals surface area contributed by atoms with Gasteiger partial charge in [0.15, 0.2) is 0 Å². The minimum Gasteiger partial charge on any atom is -0.478 e. The Bertz CT molecular complexity index is 490. The largest absolute Gasteiger partial charge is 0.478 e. The molecule has 0 amide bonds. The average Bonchev–Trinajstić information content (AvgIpc) is 2.44. The van der Waals surface area contributed by atoms with Crippen molar-refractivity contribution in [1.29, 1.82) is 0 Å². The number of hydrogen-bond donors (Lipinski definition) is 2. The molecule has 0 aliphatic rings. The van der Waals surface area contributed by atoms with E-state index in [1.807, 2.05) is 18.7 Å². The molecule has 5 nitrogen and oxygen atoms in total. The number of halogens is 1. The summed E-state index contributed by atoms with van der Waals surface area (Å²) in [5.41, 5.74) is 5.67. The Kier molecular flexibility index (Phi) is 6.42. The van der Waals surface area contributed by atoms with Gasteiger partial charge in [0.05, 0.1) is 17.9 Å². The molecule has 0 atom stereocenters. The van der Waals surface area contributed by atoms with Crippen molar-refractivity contribution >= 4 is 17.3 Å². The Labute approximate surface area is 124 Å². The van der Waals surface area contributed by atoms with Crippen LogP contribution >= 0.6 is 0 Å². The van der Waals surface area contributed by atoms with Crippen molar-refractivity contribution in [2.45, 2.75) is 32.7 Å². The summed E-state index contributed by atoms with van der Waals surface area (Å²) in [7, 11) is 1.58. The van der Waals surface area contributed by atoms with E-state index in [2.05, 4.69) is 0 Å². The first-order valence-electron chi connectivity index (χ1n) is 7.04. The van der Waals surface area contributed by atoms with Crippen molar-refractivity contribution < 1.29 is 19.0 Å². The number of nitrogens with two attached hydrogens (primary N) is 1. The van der Waals surface area contributed by atoms with E-state index in [0.29, 0.717) is 13.2 Å². The van der Waals surface area contributed by atoms with E-state index in [1.54, 1.807) is 7.11 Å². The first-order chi connectivity index (χ1) is 9.96. The van der Waals surface area contributed by atoms with E-state index < -0.39 is 11.8 Å². The van der Waals surface area contributed by atoms with Crippen LogP contribution in [0.5, 0.6) is 0 Å². The fraction of sp³-hybridized carbons (Fsp3) is 0.533. The van der Waals surface area contributed by atoms with E-state index in [1.165, 1.54) is 6.07 Å². The minimum atomic E-state index is -1.16. The maximum atomic E-state index is 14.2. The normalized spacial score (nSPS) is 10.9. The Morgan fingerprint density at radius 2 is 2.05 bits per heavy atom. The van der Waals surface area contributed by atoms with Gasteiger partial charge in [-0.25, -0.2) is 9.18 Å². The molecule has 0 aliphatic carbocycles. The maximum Gasteiger partial charge on any atom is 0.337 e. The van der Waals surface area contributed by atoms with Gasteiger partial charge >= 0.3 is 5.97 Å². The third kappa shape index (κ3) is 4.07. The monoisotopic (exact) mass is 298 g/mol. The molecule has 1 rings (SSSR count). The van der Waals surface area contributed by atoms with E-state index in [4.69, 9.17) is 15.6 Å². The summed E-state index contributed by atoms with van der Waals surface area (Å²) in [6, 6.07) is 2.49. The standard InChI is InChI=1S/C15H23FN2O3/c1-4-10(5-2)18(6-7-21-3)14-8-11(15(19)20)13(17)9-12(14)16/h8-10H,4-7,17H2,1-3H3,(H,19,20). The van der Waals surface area contributed by atoms with Crippen molar-refractivity contribution in [2.75, 3.05) is 30.9 Å². The van der Waals surface area contributed by atoms with Crippen LogP contribution in [0.1, 0.15) is 37.0 Å². The smallest absolute Gasteiger partial charge is 0.337 e. The predicted octanol–water partition coefficient (Wildman–Crippen LogP) is 2.75. The molecule has 0 heterocycles. The van der Waals surface area contributed by atoms with Crippen molar-refractivity contribution in [3.8, 4) is 0 Å². The Morgan fingerprint density at radius 1 is 1.43 bits per heavy atom. The molecule has 0 fully saturated rings. The number of carboxylic acid groups (broad SMARTS) is 1. The minimum absolute atomic E-state index is 0.0695. The van der Waals surface area contributed by atoms with E-state index >= 15 is 0 Å². The lowest BCUT2D eigenvalue weighted by molar-refractivity contribution is 0.0698. The topological polar surface area (TPSA) is 75.8 Å². The zero-order valence-electron chi connectivity index (χ0n) is 12.7. The summed E-state index contributed by atoms with van der Waals surface area (Å²) in [6.07, 6.45) is 1.65. The summed E-state index contributed by atoms with van der Waals surface area (Å²) in [5, 5.41) is 9.15. The number of carboxylic acids is 1. The van der Waals surface area contributed by atoms with Gasteiger partial charge in [0, 0.05) is 25.4 Å². The molecular weight excluding hydrogens is 275 g/mol. The SMILES string of the molecule is CCC(CC)N(CCOC)c1cc(C(=O)O)c(N)cc1F. The highest BCUT2D eigenvalue weighted by Gasteiger charge is 2.22. The highest BCUT2D eigenvalue weighted by Crippen LogP contribution is 2.28. The van der Waals surface area contributed by atoms with Gasteiger partial charge in [-0.3, -0.25) is 0 Å². The van der Waals surface area contributed by atoms with Gasteiger partial charge in [-0.15, -0.1) is 0 Å². The summed E-state index contributed by atoms with van der Waals surface area (Å²) in [6.45, 7) is 4.95. The number of rotatable bonds is 8. The molecule has 0 saturated heterocycles. The molecule has 0 saturated carbocycles. The van der Waals surface area contributed by atoms with Crippen molar-refractivity contribution in [2.24, 2.45) is 0 Å². The number of methoxy groups -OCH3 is 1. The molecule has 0 bridgehead atoms. The number of benzene rings is 1. The first kappa shape index (κ1) is 17.2. The van der Waals surface area contributed by atoms with Crippen LogP contribution in [0.15, 0.2) is 12.1 Å². The van der Waals surface area contributed by atoms with Gasteiger partial charge in [0.2, 0.25) is 0 Å². The predicted molar refractivity (Wildman–Crippen MR) is 81.4 cm³/mol. The highest BCUT2D eigenvalue weighted by molar-refractivity contribution is 5.95. The summed E-state index contributed by atoms with van der Waals surface area (Å²) >= 11 is 0. The van der Waals surface area contributed by atoms with E-state index in [9.17, 15) is 9.18 Å². The zero-order chi connectivity index (χ0) is 16.0. The van der Waals surface area contributed by atoms with Crippen LogP contribution in [0.3, 0.4) is 0 Å². The van der Waals surface area contributed by atoms with Gasteiger partial charge < -0.3 is 20.5 Å². The lowest BCUT2D eigenvalue weighted by Crippen LogP contribution is -2.38. The third-order valence-corrected chi connectivity index (χ3v) is 3.58. The number of hydrogen-bond acceptors (Lipinski definition) is 4. The molecule has 1 aromatic rings. The quantitative estimate of drug-likeness (QED) is 0.722. The Balaban J connectivity index is 3.28. The van der Waals surface area contributed by atoms with Crippen LogP contribution in [0.2, 0.25) is 0 Å². The molecule has 118 valence electrons. The second-order valence-electron chi connectivity index (χ2n) is 4.85. The van der Waals surface area contributed by atoms with Crippen molar-refractivity contribution in [3.63, 3.8) is 0 Å². The number of anilines is 2. The molecule has 1 aromatic carbocycles. The van der Waals surface area contributed by atoms with Crippen LogP contribution in [-0.2, 0) is 4.74 Å². The van der Waals surface area contributed by atoms with Crippen LogP contribution < -0.4 is 10.6 Å². The van der Waals surface area contributed by atoms with E-state index in [-0.39, 0.29) is 23.0 Å². The van der Waals surface area contributed by atoms with Crippen LogP contribution in [-0.4, -0.2) is 37.4 Å². The molecule has 0 radical (unpaired) electrons. The molecule has 0 spiro atoms. The fourth-order valence-electron chi connectivity index (χ4n) is 2.40. The second-order valence-corrected chi connectivity index (χ2v) is 4.85. The van der Waals surface area contributed by atoms with Gasteiger partial charge in [0.1, 0.15) is 5.82 Å². The lowest BCUT2D eigenvalue weighted by Gasteiger charge is -2.33. The Morgan fingerprint density at radius 3 is 2.52 bits per heavy atom. The average molecular weight is 298 g/mol. The maximum absolute atomic E-state index is 14.2. The molecule has 0 aliphatic heterocycles. The number of nitrogens with zero attached hydrogens (tertiary/aromatic N) is 1. The highest BCUT2D eigenvalue weighted by atomic mass is 19.1. The lowest BCUT2D eigenvalue weighted by atomic mass is 10.1. The number of aromatic carboxylic acids is 1. The zero-order valence-corrected chi connectivity index (χ0v) is 12.7. The molecule has 0 aromatic heterocycles. The number of carbonyl (C=O) groups is 1. The third-order valence-electron chi connectivity index (χ3n) is 3.58. The van der Waals surface area contributed by atoms with Gasteiger partial charge in [0.25, 0.3) is 0 Å². The summed E-state index contributed by atoms with van der Waals surface area (Å²) in [4.78, 5) is 13.0. The molecule has 0 unspecified atom stereocenters. The van der Waals surface area contributed by atoms with Crippen LogP contribution in [0.25, 0.3) is 0 Å². The molecule has 21 heavy (non-hydrogen) atoms. The number of nitrogen functional groups attached to an aromatic ring is 1. The Hall–Kier alpha value is -1.82. The fourth-order valence-corrected chi connectivity index (χ4v) is 2.40. The van der Waals surface area contributed by atoms with Gasteiger partial charge in [-0.2, -0.15) is 0 Å².